The molecule has 0 saturated heterocycles. The molecule has 9 nitrogen and oxygen atoms in total. The van der Waals surface area contributed by atoms with Crippen LogP contribution in [0.2, 0.25) is 0 Å². The number of aromatic nitrogens is 2. The summed E-state index contributed by atoms with van der Waals surface area (Å²) in [6.45, 7) is 3.18. The van der Waals surface area contributed by atoms with Gasteiger partial charge in [-0.05, 0) is 42.8 Å². The first kappa shape index (κ1) is 23.3. The van der Waals surface area contributed by atoms with Crippen molar-refractivity contribution in [2.75, 3.05) is 19.0 Å². The molecule has 9 heteroatoms. The van der Waals surface area contributed by atoms with Crippen LogP contribution in [0, 0.1) is 0 Å². The number of benzene rings is 2. The van der Waals surface area contributed by atoms with Crippen LogP contribution in [0.4, 0.5) is 5.82 Å². The van der Waals surface area contributed by atoms with E-state index >= 15 is 0 Å². The van der Waals surface area contributed by atoms with Crippen LogP contribution in [-0.2, 0) is 14.3 Å². The number of carbonyl (C=O) groups is 3. The lowest BCUT2D eigenvalue weighted by Gasteiger charge is -2.10. The number of hydrogen-bond acceptors (Lipinski definition) is 7. The number of carbonyl (C=O) groups excluding carboxylic acids is 3. The summed E-state index contributed by atoms with van der Waals surface area (Å²) in [5, 5.41) is 6.94. The zero-order valence-corrected chi connectivity index (χ0v) is 18.4. The number of methoxy groups -OCH3 is 1. The number of anilines is 1. The van der Waals surface area contributed by atoms with Crippen LogP contribution < -0.4 is 14.8 Å². The summed E-state index contributed by atoms with van der Waals surface area (Å²) in [5.74, 6) is -0.733. The summed E-state index contributed by atoms with van der Waals surface area (Å²) in [5.41, 5.74) is 1.44. The van der Waals surface area contributed by atoms with E-state index in [4.69, 9.17) is 14.2 Å². The zero-order chi connectivity index (χ0) is 23.8. The first-order valence-electron chi connectivity index (χ1n) is 10.1. The third-order valence-corrected chi connectivity index (χ3v) is 4.38. The van der Waals surface area contributed by atoms with Crippen LogP contribution in [0.3, 0.4) is 0 Å². The van der Waals surface area contributed by atoms with Crippen molar-refractivity contribution >= 4 is 29.7 Å². The fourth-order valence-electron chi connectivity index (χ4n) is 2.95. The Kier molecular flexibility index (Phi) is 7.59. The van der Waals surface area contributed by atoms with Gasteiger partial charge in [0.15, 0.2) is 17.3 Å². The Morgan fingerprint density at radius 1 is 1.09 bits per heavy atom. The maximum atomic E-state index is 12.7. The van der Waals surface area contributed by atoms with Crippen LogP contribution in [0.25, 0.3) is 11.8 Å². The lowest BCUT2D eigenvalue weighted by atomic mass is 10.2. The molecule has 0 aliphatic carbocycles. The fraction of sp³-hybridized carbons (Fsp3) is 0.167. The van der Waals surface area contributed by atoms with Crippen LogP contribution in [-0.4, -0.2) is 41.3 Å². The van der Waals surface area contributed by atoms with Gasteiger partial charge in [-0.15, -0.1) is 0 Å². The second-order valence-electron chi connectivity index (χ2n) is 6.70. The lowest BCUT2D eigenvalue weighted by molar-refractivity contribution is -0.132. The van der Waals surface area contributed by atoms with E-state index in [1.54, 1.807) is 43.3 Å². The van der Waals surface area contributed by atoms with Crippen LogP contribution in [0.1, 0.15) is 29.8 Å². The van der Waals surface area contributed by atoms with Gasteiger partial charge in [0.05, 0.1) is 25.6 Å². The molecule has 0 fully saturated rings. The number of ether oxygens (including phenoxy) is 3. The van der Waals surface area contributed by atoms with Crippen molar-refractivity contribution in [2.24, 2.45) is 0 Å². The molecular weight excluding hydrogens is 426 g/mol. The van der Waals surface area contributed by atoms with E-state index in [0.717, 1.165) is 0 Å². The van der Waals surface area contributed by atoms with Crippen molar-refractivity contribution in [1.29, 1.82) is 0 Å². The molecule has 1 aromatic heterocycles. The normalized spacial score (nSPS) is 10.6. The largest absolute Gasteiger partial charge is 0.493 e. The summed E-state index contributed by atoms with van der Waals surface area (Å²) in [7, 11) is 1.45. The Morgan fingerprint density at radius 2 is 1.85 bits per heavy atom. The molecule has 1 amide bonds. The van der Waals surface area contributed by atoms with E-state index in [1.165, 1.54) is 31.0 Å². The van der Waals surface area contributed by atoms with Gasteiger partial charge in [-0.3, -0.25) is 9.59 Å². The van der Waals surface area contributed by atoms with Gasteiger partial charge in [0, 0.05) is 13.0 Å². The molecular formula is C24H23N3O6. The number of nitrogens with one attached hydrogen (secondary N) is 1. The molecule has 1 heterocycles. The molecule has 1 N–H and O–H groups in total. The first-order valence-corrected chi connectivity index (χ1v) is 10.1. The maximum Gasteiger partial charge on any atom is 0.343 e. The third-order valence-electron chi connectivity index (χ3n) is 4.38. The van der Waals surface area contributed by atoms with Crippen molar-refractivity contribution in [1.82, 2.24) is 9.78 Å². The van der Waals surface area contributed by atoms with Gasteiger partial charge < -0.3 is 19.5 Å². The molecule has 0 atom stereocenters. The smallest absolute Gasteiger partial charge is 0.343 e. The quantitative estimate of drug-likeness (QED) is 0.318. The molecule has 0 radical (unpaired) electrons. The molecule has 170 valence electrons. The highest BCUT2D eigenvalue weighted by molar-refractivity contribution is 6.05. The Bertz CT molecular complexity index is 1180. The van der Waals surface area contributed by atoms with Crippen molar-refractivity contribution < 1.29 is 28.6 Å². The van der Waals surface area contributed by atoms with E-state index < -0.39 is 17.8 Å². The number of para-hydroxylation sites is 1. The number of rotatable bonds is 8. The summed E-state index contributed by atoms with van der Waals surface area (Å²) in [6.07, 6.45) is 4.21. The second kappa shape index (κ2) is 10.8. The SMILES string of the molecule is CCOC(=O)c1cnn(-c2ccccc2)c1NC(=O)/C=C/c1ccc(OC(C)=O)c(OC)c1. The second-order valence-corrected chi connectivity index (χ2v) is 6.70. The Labute approximate surface area is 190 Å². The molecule has 2 aromatic carbocycles. The van der Waals surface area contributed by atoms with Gasteiger partial charge in [-0.1, -0.05) is 24.3 Å². The average molecular weight is 449 g/mol. The molecule has 0 unspecified atom stereocenters. The highest BCUT2D eigenvalue weighted by atomic mass is 16.6. The van der Waals surface area contributed by atoms with Crippen molar-refractivity contribution in [3.63, 3.8) is 0 Å². The van der Waals surface area contributed by atoms with Crippen LogP contribution in [0.15, 0.2) is 60.8 Å². The predicted octanol–water partition coefficient (Wildman–Crippen LogP) is 3.63. The minimum Gasteiger partial charge on any atom is -0.493 e. The first-order chi connectivity index (χ1) is 15.9. The average Bonchev–Trinajstić information content (AvgIpc) is 3.22. The Balaban J connectivity index is 1.85. The van der Waals surface area contributed by atoms with E-state index in [-0.39, 0.29) is 23.7 Å². The summed E-state index contributed by atoms with van der Waals surface area (Å²) >= 11 is 0. The van der Waals surface area contributed by atoms with Crippen LogP contribution in [0.5, 0.6) is 11.5 Å². The minimum absolute atomic E-state index is 0.134. The van der Waals surface area contributed by atoms with Gasteiger partial charge in [-0.25, -0.2) is 9.48 Å². The van der Waals surface area contributed by atoms with Gasteiger partial charge in [0.1, 0.15) is 5.56 Å². The fourth-order valence-corrected chi connectivity index (χ4v) is 2.95. The van der Waals surface area contributed by atoms with Gasteiger partial charge in [0.2, 0.25) is 5.91 Å². The molecule has 0 aliphatic heterocycles. The third kappa shape index (κ3) is 5.85. The highest BCUT2D eigenvalue weighted by Gasteiger charge is 2.21. The molecule has 3 rings (SSSR count). The number of amides is 1. The number of nitrogens with zero attached hydrogens (tertiary/aromatic N) is 2. The van der Waals surface area contributed by atoms with Crippen LogP contribution >= 0.6 is 0 Å². The Morgan fingerprint density at radius 3 is 2.52 bits per heavy atom. The monoisotopic (exact) mass is 449 g/mol. The topological polar surface area (TPSA) is 109 Å². The summed E-state index contributed by atoms with van der Waals surface area (Å²) in [4.78, 5) is 36.2. The molecule has 0 saturated carbocycles. The maximum absolute atomic E-state index is 12.7. The Hall–Kier alpha value is -4.40. The number of esters is 2. The zero-order valence-electron chi connectivity index (χ0n) is 18.4. The standard InChI is InChI=1S/C24H23N3O6/c1-4-32-24(30)19-15-25-27(18-8-6-5-7-9-18)23(19)26-22(29)13-11-17-10-12-20(33-16(2)28)21(14-17)31-3/h5-15H,4H2,1-3H3,(H,26,29)/b13-11+. The number of hydrogen-bond donors (Lipinski definition) is 1. The van der Waals surface area contributed by atoms with Gasteiger partial charge >= 0.3 is 11.9 Å². The molecule has 0 aliphatic rings. The van der Waals surface area contributed by atoms with Crippen molar-refractivity contribution in [2.45, 2.75) is 13.8 Å². The van der Waals surface area contributed by atoms with E-state index in [0.29, 0.717) is 17.0 Å². The van der Waals surface area contributed by atoms with Gasteiger partial charge in [0.25, 0.3) is 0 Å². The molecule has 33 heavy (non-hydrogen) atoms. The van der Waals surface area contributed by atoms with E-state index in [2.05, 4.69) is 10.4 Å². The van der Waals surface area contributed by atoms with E-state index in [9.17, 15) is 14.4 Å². The molecule has 3 aromatic rings. The predicted molar refractivity (Wildman–Crippen MR) is 121 cm³/mol. The summed E-state index contributed by atoms with van der Waals surface area (Å²) < 4.78 is 16.8. The lowest BCUT2D eigenvalue weighted by Crippen LogP contribution is -2.16. The molecule has 0 bridgehead atoms. The highest BCUT2D eigenvalue weighted by Crippen LogP contribution is 2.29. The molecule has 0 spiro atoms. The van der Waals surface area contributed by atoms with Crippen molar-refractivity contribution in [3.05, 3.63) is 71.9 Å². The van der Waals surface area contributed by atoms with Gasteiger partial charge in [-0.2, -0.15) is 5.10 Å². The van der Waals surface area contributed by atoms with E-state index in [1.807, 2.05) is 18.2 Å². The minimum atomic E-state index is -0.593. The van der Waals surface area contributed by atoms with Crippen molar-refractivity contribution in [3.8, 4) is 17.2 Å². The summed E-state index contributed by atoms with van der Waals surface area (Å²) in [6, 6.07) is 13.9.